The van der Waals surface area contributed by atoms with Gasteiger partial charge in [0.1, 0.15) is 17.1 Å². The van der Waals surface area contributed by atoms with Crippen LogP contribution in [0.3, 0.4) is 0 Å². The number of sulfone groups is 1. The fourth-order valence-electron chi connectivity index (χ4n) is 4.38. The van der Waals surface area contributed by atoms with E-state index in [-0.39, 0.29) is 37.3 Å². The van der Waals surface area contributed by atoms with Crippen molar-refractivity contribution in [1.82, 2.24) is 25.5 Å². The van der Waals surface area contributed by atoms with Crippen molar-refractivity contribution in [3.63, 3.8) is 0 Å². The van der Waals surface area contributed by atoms with E-state index in [4.69, 9.17) is 9.47 Å². The third kappa shape index (κ3) is 7.56. The molecule has 1 aliphatic rings. The van der Waals surface area contributed by atoms with E-state index in [0.29, 0.717) is 37.4 Å². The molecule has 1 N–H and O–H groups in total. The van der Waals surface area contributed by atoms with E-state index in [1.165, 1.54) is 41.2 Å². The average molecular weight is 614 g/mol. The molecule has 3 aromatic rings. The van der Waals surface area contributed by atoms with Crippen molar-refractivity contribution in [2.45, 2.75) is 68.2 Å². The Kier molecular flexibility index (Phi) is 9.11. The molecule has 1 saturated heterocycles. The summed E-state index contributed by atoms with van der Waals surface area (Å²) < 4.78 is 77.8. The van der Waals surface area contributed by atoms with E-state index in [1.54, 1.807) is 20.8 Å². The minimum Gasteiger partial charge on any atom is -0.494 e. The maximum atomic E-state index is 13.7. The number of ether oxygens (including phenoxy) is 3. The van der Waals surface area contributed by atoms with E-state index < -0.39 is 32.5 Å². The van der Waals surface area contributed by atoms with E-state index in [1.807, 2.05) is 0 Å². The van der Waals surface area contributed by atoms with Gasteiger partial charge in [0.15, 0.2) is 14.6 Å². The summed E-state index contributed by atoms with van der Waals surface area (Å²) in [7, 11) is -4.06. The summed E-state index contributed by atoms with van der Waals surface area (Å²) in [6.45, 7) is 6.48. The summed E-state index contributed by atoms with van der Waals surface area (Å²) in [6, 6.07) is 11.1. The Morgan fingerprint density at radius 1 is 1.02 bits per heavy atom. The topological polar surface area (TPSA) is 135 Å². The van der Waals surface area contributed by atoms with Gasteiger partial charge in [-0.1, -0.05) is 0 Å². The van der Waals surface area contributed by atoms with Gasteiger partial charge in [-0.05, 0) is 100 Å². The fraction of sp³-hybridized carbons (Fsp3) is 0.481. The zero-order valence-corrected chi connectivity index (χ0v) is 24.2. The molecule has 11 nitrogen and oxygen atoms in total. The summed E-state index contributed by atoms with van der Waals surface area (Å²) in [5, 5.41) is 15.2. The number of carbonyl (C=O) groups excluding carboxylic acids is 1. The number of nitrogens with zero attached hydrogens (tertiary/aromatic N) is 4. The van der Waals surface area contributed by atoms with Gasteiger partial charge in [0.05, 0.1) is 18.0 Å². The fourth-order valence-corrected chi connectivity index (χ4v) is 6.33. The highest BCUT2D eigenvalue weighted by Crippen LogP contribution is 2.37. The van der Waals surface area contributed by atoms with Gasteiger partial charge in [-0.25, -0.2) is 8.42 Å². The van der Waals surface area contributed by atoms with Crippen LogP contribution in [0.5, 0.6) is 11.5 Å². The summed E-state index contributed by atoms with van der Waals surface area (Å²) in [6.07, 6.45) is -4.07. The van der Waals surface area contributed by atoms with Crippen LogP contribution in [-0.2, 0) is 25.9 Å². The highest BCUT2D eigenvalue weighted by atomic mass is 32.2. The molecule has 2 aromatic carbocycles. The second kappa shape index (κ2) is 12.3. The van der Waals surface area contributed by atoms with Gasteiger partial charge in [0.2, 0.25) is 5.82 Å². The number of aromatic nitrogens is 4. The smallest absolute Gasteiger partial charge is 0.494 e. The number of nitrogens with one attached hydrogen (secondary N) is 1. The van der Waals surface area contributed by atoms with Crippen molar-refractivity contribution in [1.29, 1.82) is 0 Å². The Balaban J connectivity index is 0.00000506. The highest BCUT2D eigenvalue weighted by molar-refractivity contribution is 7.93. The molecule has 0 aliphatic carbocycles. The summed E-state index contributed by atoms with van der Waals surface area (Å²) >= 11 is 0. The van der Waals surface area contributed by atoms with Gasteiger partial charge in [-0.15, -0.1) is 23.4 Å². The Bertz CT molecular complexity index is 1470. The minimum atomic E-state index is -4.78. The minimum absolute atomic E-state index is 0. The van der Waals surface area contributed by atoms with Crippen LogP contribution in [0.4, 0.5) is 13.2 Å². The number of carbonyl (C=O) groups is 1. The molecule has 0 atom stereocenters. The molecule has 1 aliphatic heterocycles. The molecule has 0 radical (unpaired) electrons. The summed E-state index contributed by atoms with van der Waals surface area (Å²) in [4.78, 5) is 14.5. The number of aryl methyl sites for hydroxylation is 1. The standard InChI is InChI=1S/C27H32F3N5O6S.H2/c1-25(2,3)41-24(36)26(13-15-31-16-14-26)42(37,38)22-11-9-20(10-12-22)39-18-4-17-35-33-23(32-34-35)19-5-7-21(8-6-19)40-27(28,29)30;/h5-12,31H,4,13-18H2,1-3H3;1H. The number of hydrogen-bond donors (Lipinski definition) is 1. The molecule has 0 saturated carbocycles. The zero-order valence-electron chi connectivity index (χ0n) is 23.3. The molecule has 0 spiro atoms. The van der Waals surface area contributed by atoms with Crippen molar-refractivity contribution in [3.8, 4) is 22.9 Å². The van der Waals surface area contributed by atoms with E-state index in [0.717, 1.165) is 12.1 Å². The van der Waals surface area contributed by atoms with Gasteiger partial charge in [-0.2, -0.15) is 4.80 Å². The number of halogens is 3. The second-order valence-corrected chi connectivity index (χ2v) is 13.0. The van der Waals surface area contributed by atoms with Gasteiger partial charge in [-0.3, -0.25) is 4.79 Å². The molecule has 0 bridgehead atoms. The van der Waals surface area contributed by atoms with Gasteiger partial charge in [0, 0.05) is 13.4 Å². The summed E-state index contributed by atoms with van der Waals surface area (Å²) in [5.41, 5.74) is -0.355. The molecule has 1 fully saturated rings. The first-order valence-corrected chi connectivity index (χ1v) is 14.7. The van der Waals surface area contributed by atoms with Crippen molar-refractivity contribution in [2.24, 2.45) is 0 Å². The van der Waals surface area contributed by atoms with Crippen molar-refractivity contribution in [2.75, 3.05) is 19.7 Å². The highest BCUT2D eigenvalue weighted by Gasteiger charge is 2.54. The average Bonchev–Trinajstić information content (AvgIpc) is 3.39. The lowest BCUT2D eigenvalue weighted by Gasteiger charge is -2.36. The van der Waals surface area contributed by atoms with Crippen LogP contribution in [0.1, 0.15) is 41.5 Å². The largest absolute Gasteiger partial charge is 0.573 e. The van der Waals surface area contributed by atoms with Crippen LogP contribution < -0.4 is 14.8 Å². The normalized spacial score (nSPS) is 15.7. The van der Waals surface area contributed by atoms with Gasteiger partial charge < -0.3 is 19.5 Å². The maximum Gasteiger partial charge on any atom is 0.573 e. The number of rotatable bonds is 10. The van der Waals surface area contributed by atoms with Crippen molar-refractivity contribution in [3.05, 3.63) is 48.5 Å². The molecule has 42 heavy (non-hydrogen) atoms. The molecule has 0 amide bonds. The molecular weight excluding hydrogens is 579 g/mol. The van der Waals surface area contributed by atoms with Gasteiger partial charge >= 0.3 is 12.3 Å². The monoisotopic (exact) mass is 613 g/mol. The first-order chi connectivity index (χ1) is 19.7. The molecule has 15 heteroatoms. The number of hydrogen-bond acceptors (Lipinski definition) is 10. The Morgan fingerprint density at radius 3 is 2.24 bits per heavy atom. The van der Waals surface area contributed by atoms with Crippen molar-refractivity contribution < 1.29 is 42.0 Å². The Morgan fingerprint density at radius 2 is 1.64 bits per heavy atom. The van der Waals surface area contributed by atoms with Crippen LogP contribution >= 0.6 is 0 Å². The molecule has 1 aromatic heterocycles. The number of tetrazole rings is 1. The van der Waals surface area contributed by atoms with E-state index in [9.17, 15) is 26.4 Å². The Hall–Kier alpha value is -3.72. The van der Waals surface area contributed by atoms with E-state index >= 15 is 0 Å². The lowest BCUT2D eigenvalue weighted by atomic mass is 9.96. The number of alkyl halides is 3. The lowest BCUT2D eigenvalue weighted by molar-refractivity contribution is -0.274. The molecule has 0 unspecified atom stereocenters. The Labute approximate surface area is 242 Å². The number of esters is 1. The molecule has 2 heterocycles. The van der Waals surface area contributed by atoms with Crippen LogP contribution in [0, 0.1) is 0 Å². The quantitative estimate of drug-likeness (QED) is 0.262. The van der Waals surface area contributed by atoms with Crippen LogP contribution in [-0.4, -0.2) is 71.0 Å². The summed E-state index contributed by atoms with van der Waals surface area (Å²) in [5.74, 6) is -0.410. The first kappa shape index (κ1) is 31.2. The second-order valence-electron chi connectivity index (χ2n) is 10.7. The third-order valence-corrected chi connectivity index (χ3v) is 8.90. The predicted octanol–water partition coefficient (Wildman–Crippen LogP) is 4.19. The lowest BCUT2D eigenvalue weighted by Crippen LogP contribution is -2.55. The van der Waals surface area contributed by atoms with Crippen LogP contribution in [0.2, 0.25) is 0 Å². The van der Waals surface area contributed by atoms with Crippen molar-refractivity contribution >= 4 is 15.8 Å². The van der Waals surface area contributed by atoms with E-state index in [2.05, 4.69) is 25.5 Å². The zero-order chi connectivity index (χ0) is 30.6. The van der Waals surface area contributed by atoms with Crippen LogP contribution in [0.25, 0.3) is 11.4 Å². The van der Waals surface area contributed by atoms with Crippen LogP contribution in [0.15, 0.2) is 53.4 Å². The molecule has 4 rings (SSSR count). The molecular formula is C27H34F3N5O6S. The maximum absolute atomic E-state index is 13.7. The first-order valence-electron chi connectivity index (χ1n) is 13.2. The number of piperidine rings is 1. The molecule has 230 valence electrons. The third-order valence-electron chi connectivity index (χ3n) is 6.40. The van der Waals surface area contributed by atoms with Gasteiger partial charge in [0.25, 0.3) is 0 Å². The predicted molar refractivity (Wildman–Crippen MR) is 146 cm³/mol. The SMILES string of the molecule is CC(C)(C)OC(=O)C1(S(=O)(=O)c2ccc(OCCCn3nnc(-c4ccc(OC(F)(F)F)cc4)n3)cc2)CCNCC1.[HH]. The number of benzene rings is 2.